The SMILES string of the molecule is COCCNC(=O)C(=Cc1ccccc1)NC(C)=O. The number of carbonyl (C=O) groups excluding carboxylic acids is 2. The number of benzene rings is 1. The van der Waals surface area contributed by atoms with Crippen LogP contribution < -0.4 is 10.6 Å². The van der Waals surface area contributed by atoms with E-state index in [1.54, 1.807) is 13.2 Å². The lowest BCUT2D eigenvalue weighted by Gasteiger charge is -2.09. The first-order valence-electron chi connectivity index (χ1n) is 5.95. The van der Waals surface area contributed by atoms with Gasteiger partial charge in [-0.15, -0.1) is 0 Å². The summed E-state index contributed by atoms with van der Waals surface area (Å²) in [5.41, 5.74) is 1.06. The summed E-state index contributed by atoms with van der Waals surface area (Å²) in [6.45, 7) is 2.17. The zero-order valence-corrected chi connectivity index (χ0v) is 11.1. The molecule has 19 heavy (non-hydrogen) atoms. The van der Waals surface area contributed by atoms with Crippen LogP contribution in [0.5, 0.6) is 0 Å². The Kier molecular flexibility index (Phi) is 6.32. The van der Waals surface area contributed by atoms with Crippen molar-refractivity contribution < 1.29 is 14.3 Å². The van der Waals surface area contributed by atoms with Gasteiger partial charge in [-0.05, 0) is 11.6 Å². The number of rotatable bonds is 6. The van der Waals surface area contributed by atoms with Crippen molar-refractivity contribution in [3.05, 3.63) is 41.6 Å². The highest BCUT2D eigenvalue weighted by Gasteiger charge is 2.10. The normalized spacial score (nSPS) is 10.9. The topological polar surface area (TPSA) is 67.4 Å². The van der Waals surface area contributed by atoms with Gasteiger partial charge in [0.1, 0.15) is 5.70 Å². The molecule has 1 aromatic carbocycles. The molecule has 5 heteroatoms. The van der Waals surface area contributed by atoms with Crippen LogP contribution in [0.2, 0.25) is 0 Å². The van der Waals surface area contributed by atoms with Crippen LogP contribution >= 0.6 is 0 Å². The molecule has 0 aliphatic carbocycles. The fraction of sp³-hybridized carbons (Fsp3) is 0.286. The second-order valence-corrected chi connectivity index (χ2v) is 3.90. The van der Waals surface area contributed by atoms with E-state index in [-0.39, 0.29) is 17.5 Å². The maximum atomic E-state index is 11.9. The van der Waals surface area contributed by atoms with Gasteiger partial charge < -0.3 is 15.4 Å². The molecule has 0 saturated carbocycles. The van der Waals surface area contributed by atoms with E-state index < -0.39 is 0 Å². The highest BCUT2D eigenvalue weighted by molar-refractivity contribution is 6.00. The second kappa shape index (κ2) is 8.05. The third-order valence-corrected chi connectivity index (χ3v) is 2.26. The predicted molar refractivity (Wildman–Crippen MR) is 73.1 cm³/mol. The van der Waals surface area contributed by atoms with E-state index in [1.165, 1.54) is 6.92 Å². The van der Waals surface area contributed by atoms with Gasteiger partial charge in [0.2, 0.25) is 5.91 Å². The summed E-state index contributed by atoms with van der Waals surface area (Å²) in [6, 6.07) is 9.31. The standard InChI is InChI=1S/C14H18N2O3/c1-11(17)16-13(14(18)15-8-9-19-2)10-12-6-4-3-5-7-12/h3-7,10H,8-9H2,1-2H3,(H,15,18)(H,16,17). The molecular weight excluding hydrogens is 244 g/mol. The molecule has 102 valence electrons. The smallest absolute Gasteiger partial charge is 0.267 e. The first kappa shape index (κ1) is 14.9. The Balaban J connectivity index is 2.79. The fourth-order valence-electron chi connectivity index (χ4n) is 1.43. The van der Waals surface area contributed by atoms with Crippen molar-refractivity contribution in [2.24, 2.45) is 0 Å². The highest BCUT2D eigenvalue weighted by atomic mass is 16.5. The second-order valence-electron chi connectivity index (χ2n) is 3.90. The van der Waals surface area contributed by atoms with Gasteiger partial charge in [0.25, 0.3) is 5.91 Å². The summed E-state index contributed by atoms with van der Waals surface area (Å²) < 4.78 is 4.85. The molecule has 1 rings (SSSR count). The summed E-state index contributed by atoms with van der Waals surface area (Å²) in [5, 5.41) is 5.19. The van der Waals surface area contributed by atoms with Gasteiger partial charge in [-0.25, -0.2) is 0 Å². The minimum atomic E-state index is -0.337. The zero-order chi connectivity index (χ0) is 14.1. The van der Waals surface area contributed by atoms with Crippen LogP contribution in [0.1, 0.15) is 12.5 Å². The molecule has 1 aromatic rings. The maximum Gasteiger partial charge on any atom is 0.267 e. The van der Waals surface area contributed by atoms with Gasteiger partial charge in [0.15, 0.2) is 0 Å². The lowest BCUT2D eigenvalue weighted by atomic mass is 10.2. The van der Waals surface area contributed by atoms with Crippen LogP contribution in [0.15, 0.2) is 36.0 Å². The average molecular weight is 262 g/mol. The van der Waals surface area contributed by atoms with Crippen LogP contribution in [0.25, 0.3) is 6.08 Å². The van der Waals surface area contributed by atoms with Crippen molar-refractivity contribution >= 4 is 17.9 Å². The van der Waals surface area contributed by atoms with Crippen LogP contribution in [-0.4, -0.2) is 32.1 Å². The molecule has 0 aliphatic rings. The van der Waals surface area contributed by atoms with Crippen molar-refractivity contribution in [2.45, 2.75) is 6.92 Å². The number of ether oxygens (including phenoxy) is 1. The van der Waals surface area contributed by atoms with Crippen LogP contribution in [0.4, 0.5) is 0 Å². The quantitative estimate of drug-likeness (QED) is 0.592. The molecule has 0 spiro atoms. The molecule has 0 atom stereocenters. The van der Waals surface area contributed by atoms with Crippen LogP contribution in [0, 0.1) is 0 Å². The highest BCUT2D eigenvalue weighted by Crippen LogP contribution is 2.04. The maximum absolute atomic E-state index is 11.9. The van der Waals surface area contributed by atoms with Crippen molar-refractivity contribution in [3.63, 3.8) is 0 Å². The average Bonchev–Trinajstić information content (AvgIpc) is 2.39. The summed E-state index contributed by atoms with van der Waals surface area (Å²) in [7, 11) is 1.56. The van der Waals surface area contributed by atoms with Crippen molar-refractivity contribution in [2.75, 3.05) is 20.3 Å². The molecule has 0 heterocycles. The molecular formula is C14H18N2O3. The zero-order valence-electron chi connectivity index (χ0n) is 11.1. The van der Waals surface area contributed by atoms with E-state index in [4.69, 9.17) is 4.74 Å². The largest absolute Gasteiger partial charge is 0.383 e. The van der Waals surface area contributed by atoms with Gasteiger partial charge in [0, 0.05) is 20.6 Å². The Labute approximate surface area is 112 Å². The summed E-state index contributed by atoms with van der Waals surface area (Å²) >= 11 is 0. The molecule has 2 N–H and O–H groups in total. The molecule has 2 amide bonds. The summed E-state index contributed by atoms with van der Waals surface area (Å²) in [4.78, 5) is 23.0. The van der Waals surface area contributed by atoms with E-state index in [2.05, 4.69) is 10.6 Å². The lowest BCUT2D eigenvalue weighted by molar-refractivity contribution is -0.122. The molecule has 0 bridgehead atoms. The monoisotopic (exact) mass is 262 g/mol. The van der Waals surface area contributed by atoms with E-state index in [9.17, 15) is 9.59 Å². The number of nitrogens with one attached hydrogen (secondary N) is 2. The first-order valence-corrected chi connectivity index (χ1v) is 5.95. The summed E-state index contributed by atoms with van der Waals surface area (Å²) in [5.74, 6) is -0.625. The molecule has 0 aliphatic heterocycles. The Morgan fingerprint density at radius 3 is 2.53 bits per heavy atom. The number of hydrogen-bond acceptors (Lipinski definition) is 3. The number of hydrogen-bond donors (Lipinski definition) is 2. The fourth-order valence-corrected chi connectivity index (χ4v) is 1.43. The van der Waals surface area contributed by atoms with Crippen molar-refractivity contribution in [3.8, 4) is 0 Å². The van der Waals surface area contributed by atoms with Gasteiger partial charge in [0.05, 0.1) is 6.61 Å². The Hall–Kier alpha value is -2.14. The van der Waals surface area contributed by atoms with Gasteiger partial charge in [-0.1, -0.05) is 30.3 Å². The van der Waals surface area contributed by atoms with Crippen molar-refractivity contribution in [1.82, 2.24) is 10.6 Å². The third kappa shape index (κ3) is 5.83. The van der Waals surface area contributed by atoms with E-state index in [1.807, 2.05) is 30.3 Å². The number of carbonyl (C=O) groups is 2. The van der Waals surface area contributed by atoms with E-state index in [0.717, 1.165) is 5.56 Å². The predicted octanol–water partition coefficient (Wildman–Crippen LogP) is 0.926. The first-order chi connectivity index (χ1) is 9.13. The van der Waals surface area contributed by atoms with Gasteiger partial charge >= 0.3 is 0 Å². The molecule has 0 unspecified atom stereocenters. The van der Waals surface area contributed by atoms with Crippen LogP contribution in [0.3, 0.4) is 0 Å². The number of methoxy groups -OCH3 is 1. The molecule has 0 radical (unpaired) electrons. The Bertz CT molecular complexity index is 455. The van der Waals surface area contributed by atoms with E-state index >= 15 is 0 Å². The third-order valence-electron chi connectivity index (χ3n) is 2.26. The molecule has 0 aromatic heterocycles. The Morgan fingerprint density at radius 2 is 1.95 bits per heavy atom. The molecule has 0 fully saturated rings. The Morgan fingerprint density at radius 1 is 1.26 bits per heavy atom. The number of amides is 2. The minimum absolute atomic E-state index is 0.217. The summed E-state index contributed by atoms with van der Waals surface area (Å²) in [6.07, 6.45) is 1.63. The van der Waals surface area contributed by atoms with E-state index in [0.29, 0.717) is 13.2 Å². The van der Waals surface area contributed by atoms with Crippen LogP contribution in [-0.2, 0) is 14.3 Å². The molecule has 5 nitrogen and oxygen atoms in total. The minimum Gasteiger partial charge on any atom is -0.383 e. The molecule has 0 saturated heterocycles. The van der Waals surface area contributed by atoms with Gasteiger partial charge in [-0.3, -0.25) is 9.59 Å². The van der Waals surface area contributed by atoms with Crippen molar-refractivity contribution in [1.29, 1.82) is 0 Å². The lowest BCUT2D eigenvalue weighted by Crippen LogP contribution is -2.35. The van der Waals surface area contributed by atoms with Gasteiger partial charge in [-0.2, -0.15) is 0 Å².